The molecule has 5 aromatic rings. The van der Waals surface area contributed by atoms with Gasteiger partial charge in [-0.15, -0.1) is 11.6 Å². The first-order chi connectivity index (χ1) is 17.7. The fraction of sp³-hybridized carbons (Fsp3) is 0.0909. The van der Waals surface area contributed by atoms with Gasteiger partial charge in [0.15, 0.2) is 0 Å². The maximum atomic E-state index is 5.53. The van der Waals surface area contributed by atoms with Gasteiger partial charge in [0, 0.05) is 30.3 Å². The van der Waals surface area contributed by atoms with E-state index in [0.29, 0.717) is 5.88 Å². The molecular weight excluding hydrogens is 460 g/mol. The number of para-hydroxylation sites is 2. The van der Waals surface area contributed by atoms with Crippen LogP contribution in [0.2, 0.25) is 0 Å². The van der Waals surface area contributed by atoms with E-state index in [9.17, 15) is 0 Å². The first kappa shape index (κ1) is 26.6. The number of anilines is 2. The summed E-state index contributed by atoms with van der Waals surface area (Å²) >= 11 is 5.53. The monoisotopic (exact) mass is 492 g/mol. The second kappa shape index (κ2) is 15.8. The summed E-state index contributed by atoms with van der Waals surface area (Å²) < 4.78 is 0. The number of hydrogen-bond acceptors (Lipinski definition) is 2. The number of rotatable bonds is 6. The summed E-state index contributed by atoms with van der Waals surface area (Å²) in [5, 5.41) is 0. The van der Waals surface area contributed by atoms with E-state index in [1.54, 1.807) is 0 Å². The molecule has 182 valence electrons. The van der Waals surface area contributed by atoms with Gasteiger partial charge in [-0.3, -0.25) is 0 Å². The minimum Gasteiger partial charge on any atom is -0.399 e. The van der Waals surface area contributed by atoms with Crippen molar-refractivity contribution in [1.82, 2.24) is 0 Å². The Bertz CT molecular complexity index is 1160. The quantitative estimate of drug-likeness (QED) is 0.190. The summed E-state index contributed by atoms with van der Waals surface area (Å²) in [6, 6.07) is 51.3. The molecule has 5 aromatic carbocycles. The fourth-order valence-corrected chi connectivity index (χ4v) is 3.68. The number of alkyl halides is 1. The lowest BCUT2D eigenvalue weighted by Crippen LogP contribution is -2.21. The lowest BCUT2D eigenvalue weighted by Gasteiger charge is -2.25. The number of nitrogen functional groups attached to an aromatic ring is 1. The molecule has 0 unspecified atom stereocenters. The maximum Gasteiger partial charge on any atom is 0.0474 e. The van der Waals surface area contributed by atoms with Gasteiger partial charge in [-0.25, -0.2) is 0 Å². The Morgan fingerprint density at radius 3 is 1.08 bits per heavy atom. The van der Waals surface area contributed by atoms with E-state index in [0.717, 1.165) is 18.8 Å². The number of halogens is 1. The summed E-state index contributed by atoms with van der Waals surface area (Å²) in [6.45, 7) is 1.83. The topological polar surface area (TPSA) is 29.3 Å². The molecule has 0 aliphatic rings. The van der Waals surface area contributed by atoms with Crippen LogP contribution in [-0.2, 0) is 19.0 Å². The summed E-state index contributed by atoms with van der Waals surface area (Å²) in [6.07, 6.45) is 0. The third kappa shape index (κ3) is 10.1. The highest BCUT2D eigenvalue weighted by atomic mass is 35.5. The van der Waals surface area contributed by atoms with Crippen molar-refractivity contribution in [2.75, 3.05) is 10.6 Å². The van der Waals surface area contributed by atoms with Crippen LogP contribution in [0.25, 0.3) is 0 Å². The Balaban J connectivity index is 0.000000196. The van der Waals surface area contributed by atoms with E-state index in [1.165, 1.54) is 22.4 Å². The molecular formula is C33H33ClN2. The lowest BCUT2D eigenvalue weighted by atomic mass is 10.1. The summed E-state index contributed by atoms with van der Waals surface area (Å²) in [5.74, 6) is 0.612. The number of hydrogen-bond donors (Lipinski definition) is 1. The molecule has 0 radical (unpaired) electrons. The number of nitrogens with zero attached hydrogens (tertiary/aromatic N) is 1. The van der Waals surface area contributed by atoms with Crippen molar-refractivity contribution in [3.63, 3.8) is 0 Å². The van der Waals surface area contributed by atoms with Gasteiger partial charge in [-0.05, 0) is 41.0 Å². The van der Waals surface area contributed by atoms with E-state index >= 15 is 0 Å². The molecule has 0 heterocycles. The zero-order chi connectivity index (χ0) is 25.3. The normalized spacial score (nSPS) is 9.69. The standard InChI is InChI=1S/C20H19N.C7H7Cl.C6H7N/c1-4-10-18(11-5-1)16-21(20-14-8-3-9-15-20)17-19-12-6-2-7-13-19;8-6-7-4-2-1-3-5-7;7-6-4-2-1-3-5-6/h1-15H,16-17H2;1-5H,6H2;1-5H,7H2. The summed E-state index contributed by atoms with van der Waals surface area (Å²) in [7, 11) is 0. The molecule has 0 bridgehead atoms. The van der Waals surface area contributed by atoms with Gasteiger partial charge < -0.3 is 10.6 Å². The predicted molar refractivity (Wildman–Crippen MR) is 156 cm³/mol. The van der Waals surface area contributed by atoms with Crippen LogP contribution >= 0.6 is 11.6 Å². The maximum absolute atomic E-state index is 5.53. The first-order valence-corrected chi connectivity index (χ1v) is 12.6. The van der Waals surface area contributed by atoms with Crippen molar-refractivity contribution < 1.29 is 0 Å². The smallest absolute Gasteiger partial charge is 0.0474 e. The van der Waals surface area contributed by atoms with E-state index in [1.807, 2.05) is 60.7 Å². The van der Waals surface area contributed by atoms with Gasteiger partial charge in [-0.1, -0.05) is 127 Å². The molecule has 0 aliphatic heterocycles. The average Bonchev–Trinajstić information content (AvgIpc) is 2.96. The second-order valence-corrected chi connectivity index (χ2v) is 8.46. The second-order valence-electron chi connectivity index (χ2n) is 8.19. The fourth-order valence-electron chi connectivity index (χ4n) is 3.51. The molecule has 0 atom stereocenters. The predicted octanol–water partition coefficient (Wildman–Crippen LogP) is 8.59. The van der Waals surface area contributed by atoms with Crippen LogP contribution in [0.1, 0.15) is 16.7 Å². The van der Waals surface area contributed by atoms with Crippen LogP contribution in [0.15, 0.2) is 152 Å². The molecule has 3 heteroatoms. The molecule has 5 rings (SSSR count). The molecule has 0 aromatic heterocycles. The van der Waals surface area contributed by atoms with Gasteiger partial charge in [0.05, 0.1) is 0 Å². The van der Waals surface area contributed by atoms with Gasteiger partial charge in [0.25, 0.3) is 0 Å². The van der Waals surface area contributed by atoms with Crippen molar-refractivity contribution in [2.45, 2.75) is 19.0 Å². The van der Waals surface area contributed by atoms with E-state index < -0.39 is 0 Å². The Kier molecular flexibility index (Phi) is 11.7. The van der Waals surface area contributed by atoms with Crippen LogP contribution in [0.3, 0.4) is 0 Å². The lowest BCUT2D eigenvalue weighted by molar-refractivity contribution is 0.800. The van der Waals surface area contributed by atoms with Crippen molar-refractivity contribution >= 4 is 23.0 Å². The molecule has 0 amide bonds. The van der Waals surface area contributed by atoms with Crippen molar-refractivity contribution in [1.29, 1.82) is 0 Å². The van der Waals surface area contributed by atoms with Gasteiger partial charge >= 0.3 is 0 Å². The minimum atomic E-state index is 0.612. The van der Waals surface area contributed by atoms with E-state index in [4.69, 9.17) is 17.3 Å². The molecule has 0 aliphatic carbocycles. The van der Waals surface area contributed by atoms with Crippen LogP contribution in [-0.4, -0.2) is 0 Å². The Hall–Kier alpha value is -4.01. The van der Waals surface area contributed by atoms with Crippen molar-refractivity contribution in [3.05, 3.63) is 168 Å². The zero-order valence-electron chi connectivity index (χ0n) is 20.5. The Morgan fingerprint density at radius 1 is 0.444 bits per heavy atom. The molecule has 2 N–H and O–H groups in total. The van der Waals surface area contributed by atoms with Crippen LogP contribution in [0.5, 0.6) is 0 Å². The van der Waals surface area contributed by atoms with Gasteiger partial charge in [-0.2, -0.15) is 0 Å². The molecule has 2 nitrogen and oxygen atoms in total. The molecule has 0 spiro atoms. The largest absolute Gasteiger partial charge is 0.399 e. The zero-order valence-corrected chi connectivity index (χ0v) is 21.2. The third-order valence-corrected chi connectivity index (χ3v) is 5.66. The van der Waals surface area contributed by atoms with Crippen LogP contribution in [0, 0.1) is 0 Å². The highest BCUT2D eigenvalue weighted by molar-refractivity contribution is 6.17. The first-order valence-electron chi connectivity index (χ1n) is 12.0. The van der Waals surface area contributed by atoms with Crippen LogP contribution < -0.4 is 10.6 Å². The molecule has 0 fully saturated rings. The van der Waals surface area contributed by atoms with Crippen molar-refractivity contribution in [2.24, 2.45) is 0 Å². The van der Waals surface area contributed by atoms with Crippen LogP contribution in [0.4, 0.5) is 11.4 Å². The summed E-state index contributed by atoms with van der Waals surface area (Å²) in [4.78, 5) is 2.41. The van der Waals surface area contributed by atoms with Gasteiger partial charge in [0.2, 0.25) is 0 Å². The highest BCUT2D eigenvalue weighted by Gasteiger charge is 2.07. The minimum absolute atomic E-state index is 0.612. The number of benzene rings is 5. The van der Waals surface area contributed by atoms with Crippen molar-refractivity contribution in [3.8, 4) is 0 Å². The van der Waals surface area contributed by atoms with E-state index in [-0.39, 0.29) is 0 Å². The highest BCUT2D eigenvalue weighted by Crippen LogP contribution is 2.19. The SMILES string of the molecule is ClCc1ccccc1.Nc1ccccc1.c1ccc(CN(Cc2ccccc2)c2ccccc2)cc1. The third-order valence-electron chi connectivity index (χ3n) is 5.35. The van der Waals surface area contributed by atoms with Gasteiger partial charge in [0.1, 0.15) is 0 Å². The number of nitrogens with two attached hydrogens (primary N) is 1. The molecule has 0 saturated heterocycles. The Morgan fingerprint density at radius 2 is 0.778 bits per heavy atom. The van der Waals surface area contributed by atoms with E-state index in [2.05, 4.69) is 95.9 Å². The average molecular weight is 493 g/mol. The molecule has 0 saturated carbocycles. The Labute approximate surface area is 220 Å². The molecule has 36 heavy (non-hydrogen) atoms. The summed E-state index contributed by atoms with van der Waals surface area (Å²) in [5.41, 5.74) is 11.3.